The third-order valence-electron chi connectivity index (χ3n) is 14.0. The molecule has 4 unspecified atom stereocenters. The molecule has 0 aliphatic heterocycles. The number of rotatable bonds is 6. The lowest BCUT2D eigenvalue weighted by Gasteiger charge is -2.37. The van der Waals surface area contributed by atoms with Gasteiger partial charge in [0.05, 0.1) is 11.4 Å². The van der Waals surface area contributed by atoms with Crippen molar-refractivity contribution in [3.63, 3.8) is 0 Å². The molecule has 55 heavy (non-hydrogen) atoms. The van der Waals surface area contributed by atoms with Gasteiger partial charge < -0.3 is 4.90 Å². The number of hydrogen-bond acceptors (Lipinski definition) is 1. The van der Waals surface area contributed by atoms with Crippen LogP contribution in [0.15, 0.2) is 188 Å². The highest BCUT2D eigenvalue weighted by Gasteiger charge is 2.70. The van der Waals surface area contributed by atoms with E-state index in [9.17, 15) is 0 Å². The lowest BCUT2D eigenvalue weighted by atomic mass is 9.66. The van der Waals surface area contributed by atoms with Crippen molar-refractivity contribution in [3.8, 4) is 44.5 Å². The number of benzene rings is 8. The van der Waals surface area contributed by atoms with E-state index in [1.165, 1.54) is 80.2 Å². The van der Waals surface area contributed by atoms with E-state index in [1.807, 2.05) is 0 Å². The van der Waals surface area contributed by atoms with Crippen LogP contribution in [0.25, 0.3) is 55.3 Å². The smallest absolute Gasteiger partial charge is 0.0540 e. The maximum atomic E-state index is 2.62. The Morgan fingerprint density at radius 1 is 0.382 bits per heavy atom. The molecule has 0 N–H and O–H groups in total. The van der Waals surface area contributed by atoms with E-state index >= 15 is 0 Å². The second-order valence-corrected chi connectivity index (χ2v) is 16.4. The first-order valence-corrected chi connectivity index (χ1v) is 20.1. The Labute approximate surface area is 323 Å². The van der Waals surface area contributed by atoms with Gasteiger partial charge in [-0.05, 0) is 129 Å². The van der Waals surface area contributed by atoms with Crippen LogP contribution in [0.3, 0.4) is 0 Å². The van der Waals surface area contributed by atoms with Crippen LogP contribution < -0.4 is 4.90 Å². The van der Waals surface area contributed by atoms with Crippen LogP contribution in [0.5, 0.6) is 0 Å². The summed E-state index contributed by atoms with van der Waals surface area (Å²) in [6.45, 7) is 0. The lowest BCUT2D eigenvalue weighted by Crippen LogP contribution is -2.34. The maximum absolute atomic E-state index is 2.62. The van der Waals surface area contributed by atoms with Crippen molar-refractivity contribution in [1.29, 1.82) is 0 Å². The molecule has 0 amide bonds. The number of anilines is 3. The van der Waals surface area contributed by atoms with Crippen LogP contribution in [-0.2, 0) is 5.41 Å². The summed E-state index contributed by atoms with van der Waals surface area (Å²) in [5.74, 6) is 3.30. The molecule has 4 saturated carbocycles. The predicted octanol–water partition coefficient (Wildman–Crippen LogP) is 14.3. The van der Waals surface area contributed by atoms with Crippen LogP contribution in [0, 0.1) is 23.7 Å². The van der Waals surface area contributed by atoms with Crippen molar-refractivity contribution in [1.82, 2.24) is 0 Å². The van der Waals surface area contributed by atoms with E-state index in [0.717, 1.165) is 35.0 Å². The second-order valence-electron chi connectivity index (χ2n) is 16.4. The fraction of sp³-hybridized carbons (Fsp3) is 0.148. The molecule has 0 heterocycles. The van der Waals surface area contributed by atoms with Gasteiger partial charge in [0.2, 0.25) is 0 Å². The molecule has 0 radical (unpaired) electrons. The van der Waals surface area contributed by atoms with Crippen molar-refractivity contribution in [2.75, 3.05) is 4.90 Å². The monoisotopic (exact) mass is 703 g/mol. The Hall–Kier alpha value is -6.18. The minimum atomic E-state index is 0.168. The summed E-state index contributed by atoms with van der Waals surface area (Å²) < 4.78 is 0. The normalized spacial score (nSPS) is 22.4. The molecule has 5 aliphatic rings. The van der Waals surface area contributed by atoms with Crippen LogP contribution in [0.2, 0.25) is 0 Å². The first-order chi connectivity index (χ1) is 27.3. The molecule has 8 aromatic carbocycles. The molecule has 0 aromatic heterocycles. The van der Waals surface area contributed by atoms with Crippen molar-refractivity contribution < 1.29 is 0 Å². The molecule has 5 aliphatic carbocycles. The van der Waals surface area contributed by atoms with Gasteiger partial charge in [0.1, 0.15) is 0 Å². The molecule has 262 valence electrons. The van der Waals surface area contributed by atoms with Crippen molar-refractivity contribution in [2.24, 2.45) is 23.7 Å². The van der Waals surface area contributed by atoms with E-state index in [2.05, 4.69) is 193 Å². The zero-order valence-corrected chi connectivity index (χ0v) is 30.8. The number of hydrogen-bond donors (Lipinski definition) is 0. The Morgan fingerprint density at radius 3 is 1.67 bits per heavy atom. The topological polar surface area (TPSA) is 3.24 Å². The number of nitrogens with zero attached hydrogens (tertiary/aromatic N) is 1. The molecule has 4 fully saturated rings. The average Bonchev–Trinajstić information content (AvgIpc) is 4.06. The first-order valence-electron chi connectivity index (χ1n) is 20.1. The van der Waals surface area contributed by atoms with E-state index in [-0.39, 0.29) is 5.41 Å². The standard InChI is InChI=1S/C54H41N/c1-3-15-35(16-4-1)42-24-13-17-36-18-14-25-46(53(36)42)45-23-9-12-28-52(45)55(40-19-5-2-6-20-40)51-27-11-8-21-41(51)37-29-30-44-43-22-7-10-26-47(43)54(50(44)32-37)48-33-38-31-39(48)34-49(38)54/h1-30,32,38-39,48-49H,31,33-34H2. The third kappa shape index (κ3) is 4.36. The summed E-state index contributed by atoms with van der Waals surface area (Å²) >= 11 is 0. The fourth-order valence-corrected chi connectivity index (χ4v) is 12.2. The Kier molecular flexibility index (Phi) is 6.76. The summed E-state index contributed by atoms with van der Waals surface area (Å²) in [5.41, 5.74) is 17.3. The molecule has 4 atom stereocenters. The minimum Gasteiger partial charge on any atom is -0.309 e. The molecule has 0 saturated heterocycles. The van der Waals surface area contributed by atoms with E-state index in [0.29, 0.717) is 0 Å². The van der Waals surface area contributed by atoms with Crippen LogP contribution >= 0.6 is 0 Å². The molecule has 1 nitrogen and oxygen atoms in total. The van der Waals surface area contributed by atoms with Gasteiger partial charge in [0.25, 0.3) is 0 Å². The highest BCUT2D eigenvalue weighted by atomic mass is 15.1. The molecule has 8 aromatic rings. The van der Waals surface area contributed by atoms with Crippen molar-refractivity contribution >= 4 is 27.8 Å². The van der Waals surface area contributed by atoms with Crippen LogP contribution in [-0.4, -0.2) is 0 Å². The van der Waals surface area contributed by atoms with Gasteiger partial charge in [-0.2, -0.15) is 0 Å². The maximum Gasteiger partial charge on any atom is 0.0540 e. The van der Waals surface area contributed by atoms with Gasteiger partial charge in [-0.25, -0.2) is 0 Å². The molecular formula is C54H41N. The van der Waals surface area contributed by atoms with E-state index in [4.69, 9.17) is 0 Å². The molecule has 4 bridgehead atoms. The molecule has 13 rings (SSSR count). The number of fused-ring (bicyclic) bond motifs is 4. The highest BCUT2D eigenvalue weighted by molar-refractivity contribution is 6.09. The lowest BCUT2D eigenvalue weighted by molar-refractivity contribution is 0.307. The van der Waals surface area contributed by atoms with Crippen LogP contribution in [0.4, 0.5) is 17.1 Å². The van der Waals surface area contributed by atoms with E-state index in [1.54, 1.807) is 11.1 Å². The fourth-order valence-electron chi connectivity index (χ4n) is 12.2. The molecule has 1 heteroatoms. The Morgan fingerprint density at radius 2 is 0.945 bits per heavy atom. The van der Waals surface area contributed by atoms with Gasteiger partial charge in [-0.3, -0.25) is 0 Å². The average molecular weight is 704 g/mol. The third-order valence-corrected chi connectivity index (χ3v) is 14.0. The Balaban J connectivity index is 1.07. The van der Waals surface area contributed by atoms with Crippen molar-refractivity contribution in [2.45, 2.75) is 24.7 Å². The largest absolute Gasteiger partial charge is 0.309 e. The van der Waals surface area contributed by atoms with Gasteiger partial charge >= 0.3 is 0 Å². The number of para-hydroxylation sites is 3. The highest BCUT2D eigenvalue weighted by Crippen LogP contribution is 2.77. The van der Waals surface area contributed by atoms with Gasteiger partial charge in [-0.15, -0.1) is 0 Å². The molecule has 1 spiro atoms. The van der Waals surface area contributed by atoms with Crippen LogP contribution in [0.1, 0.15) is 30.4 Å². The first kappa shape index (κ1) is 31.2. The molecular weight excluding hydrogens is 663 g/mol. The zero-order valence-electron chi connectivity index (χ0n) is 30.8. The van der Waals surface area contributed by atoms with Gasteiger partial charge in [-0.1, -0.05) is 158 Å². The minimum absolute atomic E-state index is 0.168. The SMILES string of the molecule is c1ccc(-c2cccc3cccc(-c4ccccc4N(c4ccccc4)c4ccccc4-c4ccc5c(c4)C4(c6ccccc6-5)C5CC6CC5CC64)c23)cc1. The summed E-state index contributed by atoms with van der Waals surface area (Å²) in [6, 6.07) is 70.2. The Bertz CT molecular complexity index is 2760. The summed E-state index contributed by atoms with van der Waals surface area (Å²) in [5, 5.41) is 2.52. The van der Waals surface area contributed by atoms with E-state index < -0.39 is 0 Å². The zero-order chi connectivity index (χ0) is 36.1. The van der Waals surface area contributed by atoms with Gasteiger partial charge in [0, 0.05) is 22.2 Å². The van der Waals surface area contributed by atoms with Crippen molar-refractivity contribution in [3.05, 3.63) is 199 Å². The second kappa shape index (κ2) is 11.9. The quantitative estimate of drug-likeness (QED) is 0.167. The summed E-state index contributed by atoms with van der Waals surface area (Å²) in [4.78, 5) is 2.50. The predicted molar refractivity (Wildman–Crippen MR) is 229 cm³/mol. The van der Waals surface area contributed by atoms with Gasteiger partial charge in [0.15, 0.2) is 0 Å². The summed E-state index contributed by atoms with van der Waals surface area (Å²) in [7, 11) is 0. The summed E-state index contributed by atoms with van der Waals surface area (Å²) in [6.07, 6.45) is 4.26.